The maximum absolute atomic E-state index is 14.0. The van der Waals surface area contributed by atoms with E-state index in [4.69, 9.17) is 4.74 Å². The average molecular weight is 384 g/mol. The molecule has 7 heteroatoms. The van der Waals surface area contributed by atoms with Gasteiger partial charge >= 0.3 is 0 Å². The van der Waals surface area contributed by atoms with Gasteiger partial charge in [0.2, 0.25) is 5.91 Å². The predicted octanol–water partition coefficient (Wildman–Crippen LogP) is 2.09. The van der Waals surface area contributed by atoms with Crippen LogP contribution in [0.4, 0.5) is 10.1 Å². The number of nitrogens with one attached hydrogen (secondary N) is 2. The largest absolute Gasteiger partial charge is 0.497 e. The number of hydrogen-bond acceptors (Lipinski definition) is 5. The van der Waals surface area contributed by atoms with Crippen molar-refractivity contribution in [3.63, 3.8) is 0 Å². The summed E-state index contributed by atoms with van der Waals surface area (Å²) >= 11 is 0. The Labute approximate surface area is 164 Å². The number of hydrazine groups is 1. The molecule has 6 nitrogen and oxygen atoms in total. The van der Waals surface area contributed by atoms with Crippen LogP contribution in [0.25, 0.3) is 0 Å². The van der Waals surface area contributed by atoms with Gasteiger partial charge in [0.15, 0.2) is 0 Å². The number of piperazine rings is 1. The highest BCUT2D eigenvalue weighted by atomic mass is 19.1. The number of carbonyl (C=O) groups excluding carboxylic acids is 1. The quantitative estimate of drug-likeness (QED) is 0.846. The molecule has 28 heavy (non-hydrogen) atoms. The fourth-order valence-corrected chi connectivity index (χ4v) is 3.89. The van der Waals surface area contributed by atoms with Gasteiger partial charge in [-0.25, -0.2) is 15.2 Å². The standard InChI is InChI=1S/C21H25FN4O2/c1-28-16-6-4-5-15(13-16)18-14-19(24-23-18)21(27)26-11-9-25(10-12-26)20-8-3-2-7-17(20)22/h2-8,13,18-19,23-24H,9-12,14H2,1H3. The van der Waals surface area contributed by atoms with Crippen molar-refractivity contribution in [3.8, 4) is 5.75 Å². The van der Waals surface area contributed by atoms with Crippen LogP contribution >= 0.6 is 0 Å². The van der Waals surface area contributed by atoms with Gasteiger partial charge < -0.3 is 14.5 Å². The minimum Gasteiger partial charge on any atom is -0.497 e. The lowest BCUT2D eigenvalue weighted by Crippen LogP contribution is -2.53. The number of ether oxygens (including phenoxy) is 1. The fraction of sp³-hybridized carbons (Fsp3) is 0.381. The summed E-state index contributed by atoms with van der Waals surface area (Å²) in [6, 6.07) is 14.4. The van der Waals surface area contributed by atoms with Gasteiger partial charge in [-0.05, 0) is 36.2 Å². The zero-order chi connectivity index (χ0) is 19.5. The monoisotopic (exact) mass is 384 g/mol. The Bertz CT molecular complexity index is 839. The van der Waals surface area contributed by atoms with Crippen molar-refractivity contribution in [2.24, 2.45) is 0 Å². The van der Waals surface area contributed by atoms with E-state index in [0.29, 0.717) is 38.3 Å². The first-order chi connectivity index (χ1) is 13.7. The summed E-state index contributed by atoms with van der Waals surface area (Å²) in [5.41, 5.74) is 8.05. The van der Waals surface area contributed by atoms with Crippen molar-refractivity contribution < 1.29 is 13.9 Å². The topological polar surface area (TPSA) is 56.8 Å². The minimum atomic E-state index is -0.267. The molecule has 0 aliphatic carbocycles. The lowest BCUT2D eigenvalue weighted by Gasteiger charge is -2.37. The molecular formula is C21H25FN4O2. The second-order valence-electron chi connectivity index (χ2n) is 7.17. The normalized spacial score (nSPS) is 22.4. The number of methoxy groups -OCH3 is 1. The zero-order valence-electron chi connectivity index (χ0n) is 15.9. The number of halogens is 1. The van der Waals surface area contributed by atoms with Gasteiger partial charge in [-0.15, -0.1) is 0 Å². The summed E-state index contributed by atoms with van der Waals surface area (Å²) in [5.74, 6) is 0.675. The van der Waals surface area contributed by atoms with Crippen LogP contribution < -0.4 is 20.5 Å². The van der Waals surface area contributed by atoms with Crippen molar-refractivity contribution in [2.45, 2.75) is 18.5 Å². The van der Waals surface area contributed by atoms with Crippen molar-refractivity contribution >= 4 is 11.6 Å². The van der Waals surface area contributed by atoms with Gasteiger partial charge in [0.1, 0.15) is 17.6 Å². The highest BCUT2D eigenvalue weighted by Gasteiger charge is 2.34. The van der Waals surface area contributed by atoms with Crippen LogP contribution in [0, 0.1) is 5.82 Å². The van der Waals surface area contributed by atoms with Gasteiger partial charge in [0, 0.05) is 32.2 Å². The molecule has 2 N–H and O–H groups in total. The molecule has 2 aliphatic rings. The van der Waals surface area contributed by atoms with Crippen molar-refractivity contribution in [2.75, 3.05) is 38.2 Å². The Balaban J connectivity index is 1.34. The summed E-state index contributed by atoms with van der Waals surface area (Å²) in [7, 11) is 1.65. The number of amides is 1. The number of anilines is 1. The lowest BCUT2D eigenvalue weighted by atomic mass is 10.0. The maximum atomic E-state index is 14.0. The molecule has 2 unspecified atom stereocenters. The van der Waals surface area contributed by atoms with E-state index in [1.54, 1.807) is 19.2 Å². The summed E-state index contributed by atoms with van der Waals surface area (Å²) in [4.78, 5) is 16.8. The zero-order valence-corrected chi connectivity index (χ0v) is 15.9. The van der Waals surface area contributed by atoms with Crippen LogP contribution in [0.3, 0.4) is 0 Å². The minimum absolute atomic E-state index is 0.0590. The molecule has 2 heterocycles. The molecule has 4 rings (SSSR count). The number of benzene rings is 2. The lowest BCUT2D eigenvalue weighted by molar-refractivity contribution is -0.133. The number of carbonyl (C=O) groups is 1. The molecule has 0 bridgehead atoms. The summed E-state index contributed by atoms with van der Waals surface area (Å²) < 4.78 is 19.3. The van der Waals surface area contributed by atoms with E-state index in [9.17, 15) is 9.18 Å². The molecule has 2 atom stereocenters. The molecule has 2 aliphatic heterocycles. The predicted molar refractivity (Wildman–Crippen MR) is 106 cm³/mol. The van der Waals surface area contributed by atoms with Crippen LogP contribution in [-0.2, 0) is 4.79 Å². The number of nitrogens with zero attached hydrogens (tertiary/aromatic N) is 2. The fourth-order valence-electron chi connectivity index (χ4n) is 3.89. The van der Waals surface area contributed by atoms with E-state index in [0.717, 1.165) is 11.3 Å². The van der Waals surface area contributed by atoms with E-state index in [1.807, 2.05) is 40.1 Å². The molecular weight excluding hydrogens is 359 g/mol. The van der Waals surface area contributed by atoms with Crippen LogP contribution in [0.1, 0.15) is 18.0 Å². The van der Waals surface area contributed by atoms with E-state index in [2.05, 4.69) is 10.9 Å². The van der Waals surface area contributed by atoms with Crippen LogP contribution in [0.5, 0.6) is 5.75 Å². The summed E-state index contributed by atoms with van der Waals surface area (Å²) in [6.45, 7) is 2.45. The Morgan fingerprint density at radius 2 is 1.86 bits per heavy atom. The van der Waals surface area contributed by atoms with Crippen LogP contribution in [0.2, 0.25) is 0 Å². The van der Waals surface area contributed by atoms with Gasteiger partial charge in [0.25, 0.3) is 0 Å². The van der Waals surface area contributed by atoms with E-state index < -0.39 is 0 Å². The molecule has 2 aromatic rings. The van der Waals surface area contributed by atoms with Crippen molar-refractivity contribution in [1.29, 1.82) is 0 Å². The van der Waals surface area contributed by atoms with Gasteiger partial charge in [0.05, 0.1) is 12.8 Å². The summed E-state index contributed by atoms with van der Waals surface area (Å²) in [5, 5.41) is 0. The smallest absolute Gasteiger partial charge is 0.241 e. The first-order valence-corrected chi connectivity index (χ1v) is 9.59. The number of para-hydroxylation sites is 1. The molecule has 0 radical (unpaired) electrons. The van der Waals surface area contributed by atoms with Crippen molar-refractivity contribution in [3.05, 3.63) is 59.9 Å². The Morgan fingerprint density at radius 1 is 1.07 bits per heavy atom. The Kier molecular flexibility index (Phi) is 5.45. The van der Waals surface area contributed by atoms with Gasteiger partial charge in [-0.1, -0.05) is 24.3 Å². The molecule has 148 valence electrons. The van der Waals surface area contributed by atoms with E-state index in [-0.39, 0.29) is 23.8 Å². The third-order valence-corrected chi connectivity index (χ3v) is 5.48. The average Bonchev–Trinajstić information content (AvgIpc) is 3.24. The highest BCUT2D eigenvalue weighted by Crippen LogP contribution is 2.26. The molecule has 2 aromatic carbocycles. The molecule has 2 fully saturated rings. The Hall–Kier alpha value is -2.64. The maximum Gasteiger partial charge on any atom is 0.241 e. The first-order valence-electron chi connectivity index (χ1n) is 9.59. The Morgan fingerprint density at radius 3 is 2.61 bits per heavy atom. The number of hydrogen-bond donors (Lipinski definition) is 2. The van der Waals surface area contributed by atoms with Gasteiger partial charge in [-0.2, -0.15) is 0 Å². The second-order valence-corrected chi connectivity index (χ2v) is 7.17. The molecule has 0 saturated carbocycles. The van der Waals surface area contributed by atoms with Gasteiger partial charge in [-0.3, -0.25) is 4.79 Å². The van der Waals surface area contributed by atoms with Crippen molar-refractivity contribution in [1.82, 2.24) is 15.8 Å². The molecule has 0 aromatic heterocycles. The third-order valence-electron chi connectivity index (χ3n) is 5.48. The SMILES string of the molecule is COc1cccc(C2CC(C(=O)N3CCN(c4ccccc4F)CC3)NN2)c1. The number of rotatable bonds is 4. The van der Waals surface area contributed by atoms with Crippen LogP contribution in [0.15, 0.2) is 48.5 Å². The van der Waals surface area contributed by atoms with E-state index >= 15 is 0 Å². The third kappa shape index (κ3) is 3.81. The highest BCUT2D eigenvalue weighted by molar-refractivity contribution is 5.82. The van der Waals surface area contributed by atoms with Crippen LogP contribution in [-0.4, -0.2) is 50.1 Å². The first kappa shape index (κ1) is 18.7. The summed E-state index contributed by atoms with van der Waals surface area (Å²) in [6.07, 6.45) is 0.680. The second kappa shape index (κ2) is 8.16. The molecule has 2 saturated heterocycles. The molecule has 1 amide bonds. The molecule has 0 spiro atoms. The van der Waals surface area contributed by atoms with E-state index in [1.165, 1.54) is 6.07 Å².